The highest BCUT2D eigenvalue weighted by Crippen LogP contribution is 2.10. The van der Waals surface area contributed by atoms with Crippen LogP contribution in [0.5, 0.6) is 0 Å². The molecule has 1 rings (SSSR count). The molecule has 1 saturated heterocycles. The van der Waals surface area contributed by atoms with Gasteiger partial charge in [0.2, 0.25) is 10.0 Å². The van der Waals surface area contributed by atoms with E-state index in [1.54, 1.807) is 0 Å². The van der Waals surface area contributed by atoms with Crippen molar-refractivity contribution in [3.8, 4) is 0 Å². The van der Waals surface area contributed by atoms with Gasteiger partial charge in [0.25, 0.3) is 0 Å². The van der Waals surface area contributed by atoms with E-state index in [4.69, 9.17) is 5.73 Å². The quantitative estimate of drug-likeness (QED) is 0.672. The third kappa shape index (κ3) is 4.84. The Morgan fingerprint density at radius 2 is 1.94 bits per heavy atom. The third-order valence-electron chi connectivity index (χ3n) is 3.56. The van der Waals surface area contributed by atoms with Crippen LogP contribution in [0.15, 0.2) is 0 Å². The first-order valence-corrected chi connectivity index (χ1v) is 8.45. The number of hydrogen-bond acceptors (Lipinski definition) is 4. The van der Waals surface area contributed by atoms with E-state index >= 15 is 0 Å². The lowest BCUT2D eigenvalue weighted by Crippen LogP contribution is -2.41. The minimum Gasteiger partial charge on any atom is -0.329 e. The first-order chi connectivity index (χ1) is 8.49. The van der Waals surface area contributed by atoms with Crippen molar-refractivity contribution in [2.75, 3.05) is 32.7 Å². The van der Waals surface area contributed by atoms with Crippen molar-refractivity contribution in [3.63, 3.8) is 0 Å². The Bertz CT molecular complexity index is 322. The van der Waals surface area contributed by atoms with E-state index in [0.717, 1.165) is 19.6 Å². The lowest BCUT2D eigenvalue weighted by Gasteiger charge is -2.21. The molecule has 0 aromatic carbocycles. The van der Waals surface area contributed by atoms with Crippen molar-refractivity contribution >= 4 is 10.0 Å². The number of nitrogens with one attached hydrogen (secondary N) is 1. The Kier molecular flexibility index (Phi) is 6.55. The van der Waals surface area contributed by atoms with Crippen molar-refractivity contribution in [3.05, 3.63) is 0 Å². The largest absolute Gasteiger partial charge is 0.329 e. The van der Waals surface area contributed by atoms with Gasteiger partial charge in [0.15, 0.2) is 0 Å². The molecule has 2 unspecified atom stereocenters. The lowest BCUT2D eigenvalue weighted by molar-refractivity contribution is 0.288. The van der Waals surface area contributed by atoms with Gasteiger partial charge in [-0.05, 0) is 38.3 Å². The van der Waals surface area contributed by atoms with Crippen LogP contribution in [-0.2, 0) is 10.0 Å². The molecule has 0 aliphatic carbocycles. The first-order valence-electron chi connectivity index (χ1n) is 6.90. The van der Waals surface area contributed by atoms with Crippen LogP contribution >= 0.6 is 0 Å². The molecule has 5 nitrogen and oxygen atoms in total. The van der Waals surface area contributed by atoms with E-state index in [9.17, 15) is 8.42 Å². The molecule has 1 aliphatic rings. The molecule has 0 bridgehead atoms. The summed E-state index contributed by atoms with van der Waals surface area (Å²) in [6.45, 7) is 7.91. The Balaban J connectivity index is 2.34. The molecule has 108 valence electrons. The molecule has 0 saturated carbocycles. The van der Waals surface area contributed by atoms with E-state index in [1.807, 2.05) is 6.92 Å². The average Bonchev–Trinajstić information content (AvgIpc) is 2.80. The second kappa shape index (κ2) is 7.43. The zero-order chi connectivity index (χ0) is 13.6. The minimum atomic E-state index is -3.24. The monoisotopic (exact) mass is 277 g/mol. The maximum Gasteiger partial charge on any atom is 0.215 e. The van der Waals surface area contributed by atoms with Crippen LogP contribution in [0.4, 0.5) is 0 Å². The fourth-order valence-corrected chi connectivity index (χ4v) is 3.80. The molecule has 0 aromatic rings. The Morgan fingerprint density at radius 1 is 1.33 bits per heavy atom. The Labute approximate surface area is 111 Å². The Hall–Kier alpha value is -0.170. The molecule has 0 aromatic heterocycles. The fraction of sp³-hybridized carbons (Fsp3) is 1.00. The molecule has 0 radical (unpaired) electrons. The standard InChI is InChI=1S/C12H27N3O2S/c1-3-12(8-13)18(16,17)14-9-11(2)10-15-6-4-5-7-15/h11-12,14H,3-10,13H2,1-2H3. The normalized spacial score (nSPS) is 21.1. The third-order valence-corrected chi connectivity index (χ3v) is 5.53. The highest BCUT2D eigenvalue weighted by molar-refractivity contribution is 7.90. The van der Waals surface area contributed by atoms with Gasteiger partial charge in [-0.25, -0.2) is 13.1 Å². The second-order valence-electron chi connectivity index (χ2n) is 5.27. The van der Waals surface area contributed by atoms with Crippen LogP contribution < -0.4 is 10.5 Å². The molecular formula is C12H27N3O2S. The van der Waals surface area contributed by atoms with Crippen molar-refractivity contribution in [1.82, 2.24) is 9.62 Å². The van der Waals surface area contributed by atoms with Gasteiger partial charge in [-0.3, -0.25) is 0 Å². The number of sulfonamides is 1. The summed E-state index contributed by atoms with van der Waals surface area (Å²) in [5.41, 5.74) is 5.48. The Morgan fingerprint density at radius 3 is 2.44 bits per heavy atom. The van der Waals surface area contributed by atoms with Crippen molar-refractivity contribution < 1.29 is 8.42 Å². The number of nitrogens with two attached hydrogens (primary N) is 1. The fourth-order valence-electron chi connectivity index (χ4n) is 2.36. The topological polar surface area (TPSA) is 75.4 Å². The van der Waals surface area contributed by atoms with Gasteiger partial charge >= 0.3 is 0 Å². The number of hydrogen-bond donors (Lipinski definition) is 2. The van der Waals surface area contributed by atoms with Gasteiger partial charge in [0, 0.05) is 19.6 Å². The molecule has 1 heterocycles. The summed E-state index contributed by atoms with van der Waals surface area (Å²) in [7, 11) is -3.24. The predicted molar refractivity (Wildman–Crippen MR) is 74.9 cm³/mol. The van der Waals surface area contributed by atoms with Crippen LogP contribution in [0.2, 0.25) is 0 Å². The van der Waals surface area contributed by atoms with Crippen LogP contribution in [0.25, 0.3) is 0 Å². The maximum atomic E-state index is 11.9. The zero-order valence-electron chi connectivity index (χ0n) is 11.6. The molecule has 3 N–H and O–H groups in total. The summed E-state index contributed by atoms with van der Waals surface area (Å²) in [5, 5.41) is -0.462. The molecule has 0 amide bonds. The van der Waals surface area contributed by atoms with E-state index in [1.165, 1.54) is 12.8 Å². The summed E-state index contributed by atoms with van der Waals surface area (Å²) >= 11 is 0. The van der Waals surface area contributed by atoms with Crippen molar-refractivity contribution in [1.29, 1.82) is 0 Å². The van der Waals surface area contributed by atoms with Gasteiger partial charge in [-0.15, -0.1) is 0 Å². The number of rotatable bonds is 8. The molecule has 1 fully saturated rings. The summed E-state index contributed by atoms with van der Waals surface area (Å²) in [5.74, 6) is 0.341. The number of likely N-dealkylation sites (tertiary alicyclic amines) is 1. The second-order valence-corrected chi connectivity index (χ2v) is 7.32. The van der Waals surface area contributed by atoms with E-state index < -0.39 is 15.3 Å². The first kappa shape index (κ1) is 15.9. The molecular weight excluding hydrogens is 250 g/mol. The molecule has 18 heavy (non-hydrogen) atoms. The van der Waals surface area contributed by atoms with Gasteiger partial charge in [-0.2, -0.15) is 0 Å². The average molecular weight is 277 g/mol. The zero-order valence-corrected chi connectivity index (χ0v) is 12.4. The van der Waals surface area contributed by atoms with Crippen molar-refractivity contribution in [2.45, 2.75) is 38.4 Å². The van der Waals surface area contributed by atoms with E-state index in [2.05, 4.69) is 16.5 Å². The number of nitrogens with zero attached hydrogens (tertiary/aromatic N) is 1. The van der Waals surface area contributed by atoms with Gasteiger partial charge in [0.05, 0.1) is 5.25 Å². The smallest absolute Gasteiger partial charge is 0.215 e. The summed E-state index contributed by atoms with van der Waals surface area (Å²) in [6.07, 6.45) is 3.10. The van der Waals surface area contributed by atoms with Crippen molar-refractivity contribution in [2.24, 2.45) is 11.7 Å². The minimum absolute atomic E-state index is 0.187. The predicted octanol–water partition coefficient (Wildman–Crippen LogP) is 0.375. The summed E-state index contributed by atoms with van der Waals surface area (Å²) in [6, 6.07) is 0. The van der Waals surface area contributed by atoms with Crippen LogP contribution in [0, 0.1) is 5.92 Å². The molecule has 2 atom stereocenters. The van der Waals surface area contributed by atoms with Crippen LogP contribution in [0.3, 0.4) is 0 Å². The molecule has 1 aliphatic heterocycles. The van der Waals surface area contributed by atoms with Gasteiger partial charge < -0.3 is 10.6 Å². The summed E-state index contributed by atoms with van der Waals surface area (Å²) in [4.78, 5) is 2.40. The lowest BCUT2D eigenvalue weighted by atomic mass is 10.2. The summed E-state index contributed by atoms with van der Waals surface area (Å²) < 4.78 is 26.6. The van der Waals surface area contributed by atoms with Gasteiger partial charge in [-0.1, -0.05) is 13.8 Å². The van der Waals surface area contributed by atoms with E-state index in [0.29, 0.717) is 18.9 Å². The highest BCUT2D eigenvalue weighted by atomic mass is 32.2. The molecule has 0 spiro atoms. The highest BCUT2D eigenvalue weighted by Gasteiger charge is 2.23. The SMILES string of the molecule is CCC(CN)S(=O)(=O)NCC(C)CN1CCCC1. The van der Waals surface area contributed by atoms with Crippen LogP contribution in [-0.4, -0.2) is 51.3 Å². The maximum absolute atomic E-state index is 11.9. The van der Waals surface area contributed by atoms with Gasteiger partial charge in [0.1, 0.15) is 0 Å². The van der Waals surface area contributed by atoms with Crippen LogP contribution in [0.1, 0.15) is 33.1 Å². The molecule has 6 heteroatoms. The van der Waals surface area contributed by atoms with E-state index in [-0.39, 0.29) is 6.54 Å².